The van der Waals surface area contributed by atoms with Crippen molar-refractivity contribution in [1.29, 1.82) is 0 Å². The molecule has 0 saturated heterocycles. The Morgan fingerprint density at radius 2 is 2.12 bits per heavy atom. The number of nitrogens with zero attached hydrogens (tertiary/aromatic N) is 2. The molecule has 2 aromatic rings. The highest BCUT2D eigenvalue weighted by Gasteiger charge is 2.14. The lowest BCUT2D eigenvalue weighted by Crippen LogP contribution is -2.01. The molecule has 0 bridgehead atoms. The minimum absolute atomic E-state index is 0.388. The SMILES string of the molecule is Cc1nn(C)c(Oc2ccccc2Cl)c1CN. The van der Waals surface area contributed by atoms with Crippen LogP contribution in [0.2, 0.25) is 5.02 Å². The summed E-state index contributed by atoms with van der Waals surface area (Å²) in [7, 11) is 1.82. The van der Waals surface area contributed by atoms with Crippen LogP contribution in [0.25, 0.3) is 0 Å². The van der Waals surface area contributed by atoms with Gasteiger partial charge in [0.2, 0.25) is 5.88 Å². The predicted molar refractivity (Wildman–Crippen MR) is 67.4 cm³/mol. The van der Waals surface area contributed by atoms with Gasteiger partial charge >= 0.3 is 0 Å². The molecule has 0 aliphatic rings. The van der Waals surface area contributed by atoms with Crippen LogP contribution in [0.1, 0.15) is 11.3 Å². The molecule has 5 heteroatoms. The first-order valence-electron chi connectivity index (χ1n) is 5.28. The van der Waals surface area contributed by atoms with E-state index in [1.807, 2.05) is 32.2 Å². The summed E-state index contributed by atoms with van der Waals surface area (Å²) in [6.07, 6.45) is 0. The fourth-order valence-corrected chi connectivity index (χ4v) is 1.85. The van der Waals surface area contributed by atoms with Crippen LogP contribution in [0.4, 0.5) is 0 Å². The van der Waals surface area contributed by atoms with Gasteiger partial charge in [0.1, 0.15) is 5.75 Å². The fourth-order valence-electron chi connectivity index (χ4n) is 1.68. The first-order chi connectivity index (χ1) is 8.13. The summed E-state index contributed by atoms with van der Waals surface area (Å²) < 4.78 is 7.44. The number of aryl methyl sites for hydroxylation is 2. The van der Waals surface area contributed by atoms with Crippen molar-refractivity contribution in [3.8, 4) is 11.6 Å². The van der Waals surface area contributed by atoms with Crippen molar-refractivity contribution in [3.63, 3.8) is 0 Å². The van der Waals surface area contributed by atoms with Crippen LogP contribution in [-0.2, 0) is 13.6 Å². The second kappa shape index (κ2) is 4.77. The summed E-state index contributed by atoms with van der Waals surface area (Å²) in [5.41, 5.74) is 7.46. The number of para-hydroxylation sites is 1. The molecule has 1 aromatic heterocycles. The molecule has 1 heterocycles. The van der Waals surface area contributed by atoms with E-state index in [4.69, 9.17) is 22.1 Å². The Morgan fingerprint density at radius 3 is 2.76 bits per heavy atom. The molecule has 0 unspecified atom stereocenters. The molecule has 90 valence electrons. The van der Waals surface area contributed by atoms with Crippen LogP contribution < -0.4 is 10.5 Å². The van der Waals surface area contributed by atoms with Gasteiger partial charge in [0, 0.05) is 13.6 Å². The molecule has 0 atom stereocenters. The lowest BCUT2D eigenvalue weighted by molar-refractivity contribution is 0.426. The Kier molecular flexibility index (Phi) is 3.36. The number of benzene rings is 1. The number of ether oxygens (including phenoxy) is 1. The fraction of sp³-hybridized carbons (Fsp3) is 0.250. The molecule has 0 aliphatic heterocycles. The number of halogens is 1. The summed E-state index contributed by atoms with van der Waals surface area (Å²) in [5, 5.41) is 4.84. The monoisotopic (exact) mass is 251 g/mol. The zero-order valence-electron chi connectivity index (χ0n) is 9.77. The summed E-state index contributed by atoms with van der Waals surface area (Å²) >= 11 is 6.04. The standard InChI is InChI=1S/C12H14ClN3O/c1-8-9(7-14)12(16(2)15-8)17-11-6-4-3-5-10(11)13/h3-6H,7,14H2,1-2H3. The highest BCUT2D eigenvalue weighted by atomic mass is 35.5. The maximum atomic E-state index is 6.04. The van der Waals surface area contributed by atoms with Crippen molar-refractivity contribution in [2.75, 3.05) is 0 Å². The van der Waals surface area contributed by atoms with Gasteiger partial charge in [-0.1, -0.05) is 23.7 Å². The summed E-state index contributed by atoms with van der Waals surface area (Å²) in [5.74, 6) is 1.24. The average Bonchev–Trinajstić information content (AvgIpc) is 2.56. The summed E-state index contributed by atoms with van der Waals surface area (Å²) in [6.45, 7) is 2.29. The molecule has 0 saturated carbocycles. The highest BCUT2D eigenvalue weighted by molar-refractivity contribution is 6.32. The van der Waals surface area contributed by atoms with Gasteiger partial charge in [0.15, 0.2) is 0 Å². The molecule has 0 aliphatic carbocycles. The zero-order chi connectivity index (χ0) is 12.4. The van der Waals surface area contributed by atoms with Crippen molar-refractivity contribution in [3.05, 3.63) is 40.5 Å². The van der Waals surface area contributed by atoms with Gasteiger partial charge in [-0.15, -0.1) is 0 Å². The summed E-state index contributed by atoms with van der Waals surface area (Å²) in [6, 6.07) is 7.31. The molecule has 0 spiro atoms. The van der Waals surface area contributed by atoms with E-state index in [2.05, 4.69) is 5.10 Å². The predicted octanol–water partition coefficient (Wildman–Crippen LogP) is 2.63. The zero-order valence-corrected chi connectivity index (χ0v) is 10.5. The van der Waals surface area contributed by atoms with Gasteiger partial charge in [-0.2, -0.15) is 5.10 Å². The number of nitrogens with two attached hydrogens (primary N) is 1. The van der Waals surface area contributed by atoms with E-state index in [0.29, 0.717) is 23.2 Å². The number of aromatic nitrogens is 2. The average molecular weight is 252 g/mol. The molecule has 1 aromatic carbocycles. The van der Waals surface area contributed by atoms with Gasteiger partial charge in [0.25, 0.3) is 0 Å². The Balaban J connectivity index is 2.40. The smallest absolute Gasteiger partial charge is 0.222 e. The Labute approximate surface area is 105 Å². The van der Waals surface area contributed by atoms with Crippen LogP contribution >= 0.6 is 11.6 Å². The second-order valence-electron chi connectivity index (χ2n) is 3.73. The Hall–Kier alpha value is -1.52. The van der Waals surface area contributed by atoms with Crippen LogP contribution in [-0.4, -0.2) is 9.78 Å². The number of hydrogen-bond acceptors (Lipinski definition) is 3. The highest BCUT2D eigenvalue weighted by Crippen LogP contribution is 2.31. The Bertz CT molecular complexity index is 537. The van der Waals surface area contributed by atoms with Gasteiger partial charge < -0.3 is 10.5 Å². The van der Waals surface area contributed by atoms with E-state index in [9.17, 15) is 0 Å². The molecule has 2 N–H and O–H groups in total. The Morgan fingerprint density at radius 1 is 1.41 bits per heavy atom. The number of hydrogen-bond donors (Lipinski definition) is 1. The second-order valence-corrected chi connectivity index (χ2v) is 4.14. The normalized spacial score (nSPS) is 10.6. The van der Waals surface area contributed by atoms with E-state index in [1.165, 1.54) is 0 Å². The van der Waals surface area contributed by atoms with Gasteiger partial charge in [-0.25, -0.2) is 4.68 Å². The van der Waals surface area contributed by atoms with E-state index in [1.54, 1.807) is 10.7 Å². The van der Waals surface area contributed by atoms with Crippen LogP contribution in [0, 0.1) is 6.92 Å². The number of rotatable bonds is 3. The topological polar surface area (TPSA) is 53.1 Å². The molecule has 0 fully saturated rings. The molecule has 0 amide bonds. The maximum Gasteiger partial charge on any atom is 0.222 e. The van der Waals surface area contributed by atoms with E-state index >= 15 is 0 Å². The minimum Gasteiger partial charge on any atom is -0.437 e. The third-order valence-corrected chi connectivity index (χ3v) is 2.85. The molecule has 0 radical (unpaired) electrons. The lowest BCUT2D eigenvalue weighted by Gasteiger charge is -2.09. The van der Waals surface area contributed by atoms with Crippen molar-refractivity contribution in [1.82, 2.24) is 9.78 Å². The third-order valence-electron chi connectivity index (χ3n) is 2.54. The van der Waals surface area contributed by atoms with Crippen LogP contribution in [0.5, 0.6) is 11.6 Å². The van der Waals surface area contributed by atoms with E-state index < -0.39 is 0 Å². The molecule has 2 rings (SSSR count). The molecular formula is C12H14ClN3O. The van der Waals surface area contributed by atoms with E-state index in [-0.39, 0.29) is 0 Å². The summed E-state index contributed by atoms with van der Waals surface area (Å²) in [4.78, 5) is 0. The van der Waals surface area contributed by atoms with Crippen LogP contribution in [0.3, 0.4) is 0 Å². The molecule has 4 nitrogen and oxygen atoms in total. The maximum absolute atomic E-state index is 6.04. The van der Waals surface area contributed by atoms with Gasteiger partial charge in [-0.3, -0.25) is 0 Å². The minimum atomic E-state index is 0.388. The first-order valence-corrected chi connectivity index (χ1v) is 5.66. The lowest BCUT2D eigenvalue weighted by atomic mass is 10.2. The molecule has 17 heavy (non-hydrogen) atoms. The largest absolute Gasteiger partial charge is 0.437 e. The first kappa shape index (κ1) is 12.0. The van der Waals surface area contributed by atoms with Gasteiger partial charge in [0.05, 0.1) is 16.3 Å². The quantitative estimate of drug-likeness (QED) is 0.912. The van der Waals surface area contributed by atoms with Gasteiger partial charge in [-0.05, 0) is 19.1 Å². The van der Waals surface area contributed by atoms with E-state index in [0.717, 1.165) is 11.3 Å². The van der Waals surface area contributed by atoms with Crippen molar-refractivity contribution < 1.29 is 4.74 Å². The third kappa shape index (κ3) is 2.28. The molecular weight excluding hydrogens is 238 g/mol. The van der Waals surface area contributed by atoms with Crippen molar-refractivity contribution in [2.24, 2.45) is 12.8 Å². The van der Waals surface area contributed by atoms with Crippen LogP contribution in [0.15, 0.2) is 24.3 Å². The van der Waals surface area contributed by atoms with Crippen molar-refractivity contribution in [2.45, 2.75) is 13.5 Å². The van der Waals surface area contributed by atoms with Crippen molar-refractivity contribution >= 4 is 11.6 Å².